The molecular formula is C17H23N3O3. The highest BCUT2D eigenvalue weighted by molar-refractivity contribution is 5.76. The van der Waals surface area contributed by atoms with Crippen LogP contribution in [0.3, 0.4) is 0 Å². The van der Waals surface area contributed by atoms with E-state index in [4.69, 9.17) is 0 Å². The fourth-order valence-corrected chi connectivity index (χ4v) is 3.61. The van der Waals surface area contributed by atoms with Crippen molar-refractivity contribution >= 4 is 17.3 Å². The van der Waals surface area contributed by atoms with Gasteiger partial charge in [0.05, 0.1) is 4.92 Å². The minimum absolute atomic E-state index is 0.178. The highest BCUT2D eigenvalue weighted by Gasteiger charge is 2.27. The smallest absolute Gasteiger partial charge is 0.292 e. The number of para-hydroxylation sites is 2. The lowest BCUT2D eigenvalue weighted by atomic mass is 9.94. The molecule has 0 unspecified atom stereocenters. The second-order valence-electron chi connectivity index (χ2n) is 6.47. The van der Waals surface area contributed by atoms with Crippen LogP contribution in [0, 0.1) is 16.0 Å². The predicted molar refractivity (Wildman–Crippen MR) is 88.5 cm³/mol. The quantitative estimate of drug-likeness (QED) is 0.632. The Hall–Kier alpha value is -2.11. The molecule has 2 aliphatic heterocycles. The van der Waals surface area contributed by atoms with E-state index in [0.29, 0.717) is 18.0 Å². The van der Waals surface area contributed by atoms with Crippen LogP contribution in [-0.4, -0.2) is 41.9 Å². The number of nitro benzene ring substituents is 1. The third kappa shape index (κ3) is 3.63. The fourth-order valence-electron chi connectivity index (χ4n) is 3.61. The predicted octanol–water partition coefficient (Wildman–Crippen LogP) is 2.82. The van der Waals surface area contributed by atoms with Crippen molar-refractivity contribution in [1.82, 2.24) is 4.90 Å². The lowest BCUT2D eigenvalue weighted by molar-refractivity contribution is -0.384. The van der Waals surface area contributed by atoms with Gasteiger partial charge in [-0.3, -0.25) is 14.9 Å². The number of rotatable bonds is 4. The van der Waals surface area contributed by atoms with Crippen molar-refractivity contribution in [2.24, 2.45) is 5.92 Å². The van der Waals surface area contributed by atoms with Crippen molar-refractivity contribution in [2.45, 2.75) is 32.1 Å². The maximum atomic E-state index is 11.9. The van der Waals surface area contributed by atoms with Crippen LogP contribution >= 0.6 is 0 Å². The van der Waals surface area contributed by atoms with E-state index in [2.05, 4.69) is 4.90 Å². The van der Waals surface area contributed by atoms with Crippen molar-refractivity contribution in [3.05, 3.63) is 34.4 Å². The van der Waals surface area contributed by atoms with Gasteiger partial charge in [-0.15, -0.1) is 0 Å². The summed E-state index contributed by atoms with van der Waals surface area (Å²) in [5, 5.41) is 11.2. The number of anilines is 1. The van der Waals surface area contributed by atoms with Crippen LogP contribution in [0.4, 0.5) is 11.4 Å². The van der Waals surface area contributed by atoms with Crippen LogP contribution in [0.1, 0.15) is 32.1 Å². The normalized spacial score (nSPS) is 19.9. The van der Waals surface area contributed by atoms with Crippen LogP contribution in [0.2, 0.25) is 0 Å². The fraction of sp³-hybridized carbons (Fsp3) is 0.588. The highest BCUT2D eigenvalue weighted by atomic mass is 16.6. The van der Waals surface area contributed by atoms with Crippen molar-refractivity contribution in [2.75, 3.05) is 31.1 Å². The van der Waals surface area contributed by atoms with Gasteiger partial charge in [-0.2, -0.15) is 0 Å². The van der Waals surface area contributed by atoms with Gasteiger partial charge < -0.3 is 9.80 Å². The molecule has 0 atom stereocenters. The summed E-state index contributed by atoms with van der Waals surface area (Å²) in [6.45, 7) is 3.38. The summed E-state index contributed by atoms with van der Waals surface area (Å²) in [7, 11) is 0. The van der Waals surface area contributed by atoms with Crippen LogP contribution in [0.25, 0.3) is 0 Å². The lowest BCUT2D eigenvalue weighted by Gasteiger charge is -2.36. The summed E-state index contributed by atoms with van der Waals surface area (Å²) in [4.78, 5) is 26.9. The maximum absolute atomic E-state index is 11.9. The Balaban J connectivity index is 1.58. The van der Waals surface area contributed by atoms with Crippen molar-refractivity contribution in [1.29, 1.82) is 0 Å². The van der Waals surface area contributed by atoms with E-state index in [1.807, 2.05) is 17.0 Å². The molecule has 0 aromatic heterocycles. The number of amides is 1. The van der Waals surface area contributed by atoms with Crippen molar-refractivity contribution in [3.8, 4) is 0 Å². The Kier molecular flexibility index (Phi) is 4.79. The number of carbonyl (C=O) groups is 1. The molecule has 124 valence electrons. The summed E-state index contributed by atoms with van der Waals surface area (Å²) in [5.74, 6) is 0.799. The average molecular weight is 317 g/mol. The molecule has 3 rings (SSSR count). The van der Waals surface area contributed by atoms with Gasteiger partial charge in [0.15, 0.2) is 0 Å². The average Bonchev–Trinajstić information content (AvgIpc) is 2.58. The first-order valence-electron chi connectivity index (χ1n) is 8.41. The van der Waals surface area contributed by atoms with Crippen LogP contribution in [0.15, 0.2) is 24.3 Å². The van der Waals surface area contributed by atoms with E-state index < -0.39 is 0 Å². The van der Waals surface area contributed by atoms with Gasteiger partial charge in [0.2, 0.25) is 5.91 Å². The zero-order valence-corrected chi connectivity index (χ0v) is 13.3. The molecule has 1 aromatic rings. The third-order valence-corrected chi connectivity index (χ3v) is 4.93. The van der Waals surface area contributed by atoms with E-state index in [-0.39, 0.29) is 16.5 Å². The first kappa shape index (κ1) is 15.8. The second kappa shape index (κ2) is 6.98. The minimum Gasteiger partial charge on any atom is -0.366 e. The van der Waals surface area contributed by atoms with Gasteiger partial charge in [0.25, 0.3) is 5.69 Å². The number of nitrogens with zero attached hydrogens (tertiary/aromatic N) is 3. The Morgan fingerprint density at radius 1 is 1.13 bits per heavy atom. The van der Waals surface area contributed by atoms with Gasteiger partial charge in [0, 0.05) is 38.7 Å². The van der Waals surface area contributed by atoms with E-state index in [1.54, 1.807) is 12.1 Å². The first-order valence-corrected chi connectivity index (χ1v) is 8.41. The Morgan fingerprint density at radius 2 is 1.87 bits per heavy atom. The van der Waals surface area contributed by atoms with Gasteiger partial charge in [-0.25, -0.2) is 0 Å². The molecule has 2 aliphatic rings. The molecule has 1 aromatic carbocycles. The Morgan fingerprint density at radius 3 is 2.57 bits per heavy atom. The molecule has 0 radical (unpaired) electrons. The SMILES string of the molecule is O=C1CCCCN1CC1CCN(c2ccccc2[N+](=O)[O-])CC1. The molecule has 0 spiro atoms. The lowest BCUT2D eigenvalue weighted by Crippen LogP contribution is -2.42. The second-order valence-corrected chi connectivity index (χ2v) is 6.47. The van der Waals surface area contributed by atoms with Gasteiger partial charge in [-0.1, -0.05) is 12.1 Å². The molecule has 2 fully saturated rings. The monoisotopic (exact) mass is 317 g/mol. The Labute approximate surface area is 136 Å². The van der Waals surface area contributed by atoms with Crippen LogP contribution in [-0.2, 0) is 4.79 Å². The first-order chi connectivity index (χ1) is 11.1. The number of piperidine rings is 2. The minimum atomic E-state index is -0.312. The number of likely N-dealkylation sites (tertiary alicyclic amines) is 1. The molecule has 2 heterocycles. The van der Waals surface area contributed by atoms with E-state index in [1.165, 1.54) is 0 Å². The molecule has 2 saturated heterocycles. The summed E-state index contributed by atoms with van der Waals surface area (Å²) in [6.07, 6.45) is 4.78. The largest absolute Gasteiger partial charge is 0.366 e. The molecule has 6 nitrogen and oxygen atoms in total. The molecule has 1 amide bonds. The number of nitro groups is 1. The van der Waals surface area contributed by atoms with Gasteiger partial charge in [0.1, 0.15) is 5.69 Å². The standard InChI is InChI=1S/C17H23N3O3/c21-17-7-3-4-10-19(17)13-14-8-11-18(12-9-14)15-5-1-2-6-16(15)20(22)23/h1-2,5-6,14H,3-4,7-13H2. The summed E-state index contributed by atoms with van der Waals surface area (Å²) in [6, 6.07) is 6.94. The summed E-state index contributed by atoms with van der Waals surface area (Å²) >= 11 is 0. The number of hydrogen-bond donors (Lipinski definition) is 0. The van der Waals surface area contributed by atoms with Crippen molar-refractivity contribution in [3.63, 3.8) is 0 Å². The van der Waals surface area contributed by atoms with E-state index >= 15 is 0 Å². The highest BCUT2D eigenvalue weighted by Crippen LogP contribution is 2.31. The maximum Gasteiger partial charge on any atom is 0.292 e. The third-order valence-electron chi connectivity index (χ3n) is 4.93. The van der Waals surface area contributed by atoms with Gasteiger partial charge >= 0.3 is 0 Å². The number of benzene rings is 1. The van der Waals surface area contributed by atoms with Gasteiger partial charge in [-0.05, 0) is 37.7 Å². The van der Waals surface area contributed by atoms with Crippen LogP contribution < -0.4 is 4.90 Å². The molecule has 0 aliphatic carbocycles. The topological polar surface area (TPSA) is 66.7 Å². The number of carbonyl (C=O) groups excluding carboxylic acids is 1. The van der Waals surface area contributed by atoms with E-state index in [9.17, 15) is 14.9 Å². The van der Waals surface area contributed by atoms with Crippen molar-refractivity contribution < 1.29 is 9.72 Å². The molecule has 0 N–H and O–H groups in total. The van der Waals surface area contributed by atoms with Crippen LogP contribution in [0.5, 0.6) is 0 Å². The number of hydrogen-bond acceptors (Lipinski definition) is 4. The zero-order valence-electron chi connectivity index (χ0n) is 13.3. The molecular weight excluding hydrogens is 294 g/mol. The summed E-state index contributed by atoms with van der Waals surface area (Å²) < 4.78 is 0. The summed E-state index contributed by atoms with van der Waals surface area (Å²) in [5.41, 5.74) is 0.891. The van der Waals surface area contributed by atoms with E-state index in [0.717, 1.165) is 51.9 Å². The molecule has 23 heavy (non-hydrogen) atoms. The Bertz CT molecular complexity index is 582. The molecule has 6 heteroatoms. The molecule has 0 saturated carbocycles. The zero-order chi connectivity index (χ0) is 16.2. The molecule has 0 bridgehead atoms.